The normalized spacial score (nSPS) is 12.2. The lowest BCUT2D eigenvalue weighted by Crippen LogP contribution is -2.32. The van der Waals surface area contributed by atoms with Crippen LogP contribution in [-0.2, 0) is 11.2 Å². The number of amides is 1. The Morgan fingerprint density at radius 3 is 2.45 bits per heavy atom. The van der Waals surface area contributed by atoms with E-state index in [0.29, 0.717) is 24.0 Å². The Labute approximate surface area is 173 Å². The van der Waals surface area contributed by atoms with E-state index in [2.05, 4.69) is 46.8 Å². The van der Waals surface area contributed by atoms with Gasteiger partial charge < -0.3 is 5.32 Å². The van der Waals surface area contributed by atoms with E-state index in [-0.39, 0.29) is 17.0 Å². The number of halogens is 1. The Morgan fingerprint density at radius 1 is 1.10 bits per heavy atom. The molecule has 3 aromatic rings. The molecule has 0 aliphatic heterocycles. The smallest absolute Gasteiger partial charge is 0.233 e. The summed E-state index contributed by atoms with van der Waals surface area (Å²) in [5.41, 5.74) is 3.07. The molecule has 1 aromatic heterocycles. The largest absolute Gasteiger partial charge is 0.355 e. The van der Waals surface area contributed by atoms with Crippen molar-refractivity contribution in [2.75, 3.05) is 6.54 Å². The van der Waals surface area contributed by atoms with E-state index in [1.807, 2.05) is 19.1 Å². The molecule has 1 heterocycles. The highest BCUT2D eigenvalue weighted by Gasteiger charge is 2.19. The highest BCUT2D eigenvalue weighted by Crippen LogP contribution is 2.24. The van der Waals surface area contributed by atoms with E-state index in [1.54, 1.807) is 16.8 Å². The molecule has 0 fully saturated rings. The number of carbonyl (C=O) groups excluding carboxylic acids is 1. The van der Waals surface area contributed by atoms with Crippen LogP contribution in [0.4, 0.5) is 4.39 Å². The number of tetrazole rings is 1. The minimum absolute atomic E-state index is 0.0955. The average molecular weight is 414 g/mol. The maximum Gasteiger partial charge on any atom is 0.233 e. The third kappa shape index (κ3) is 5.63. The Hall–Kier alpha value is -2.74. The predicted octanol–water partition coefficient (Wildman–Crippen LogP) is 3.76. The van der Waals surface area contributed by atoms with Gasteiger partial charge in [-0.3, -0.25) is 4.79 Å². The van der Waals surface area contributed by atoms with Gasteiger partial charge in [-0.15, -0.1) is 5.10 Å². The molecule has 0 bridgehead atoms. The number of nitrogens with one attached hydrogen (secondary N) is 1. The van der Waals surface area contributed by atoms with Gasteiger partial charge in [0.2, 0.25) is 11.1 Å². The van der Waals surface area contributed by atoms with E-state index in [1.165, 1.54) is 29.5 Å². The van der Waals surface area contributed by atoms with E-state index in [0.717, 1.165) is 11.3 Å². The fraction of sp³-hybridized carbons (Fsp3) is 0.333. The Morgan fingerprint density at radius 2 is 1.79 bits per heavy atom. The first-order valence-corrected chi connectivity index (χ1v) is 10.4. The predicted molar refractivity (Wildman–Crippen MR) is 112 cm³/mol. The fourth-order valence-corrected chi connectivity index (χ4v) is 3.58. The molecule has 0 spiro atoms. The highest BCUT2D eigenvalue weighted by atomic mass is 32.2. The van der Waals surface area contributed by atoms with E-state index in [4.69, 9.17) is 0 Å². The topological polar surface area (TPSA) is 72.7 Å². The summed E-state index contributed by atoms with van der Waals surface area (Å²) in [7, 11) is 0. The van der Waals surface area contributed by atoms with Gasteiger partial charge in [-0.25, -0.2) is 4.39 Å². The second-order valence-corrected chi connectivity index (χ2v) is 8.36. The zero-order valence-electron chi connectivity index (χ0n) is 16.7. The molecule has 3 rings (SSSR count). The van der Waals surface area contributed by atoms with Crippen LogP contribution in [0.5, 0.6) is 0 Å². The molecule has 1 N–H and O–H groups in total. The SMILES string of the molecule is CC(C)c1ccc(-n2nnnc2S[C@@H](C)C(=O)NCCc2ccc(F)cc2)cc1. The van der Waals surface area contributed by atoms with Crippen LogP contribution in [0, 0.1) is 5.82 Å². The van der Waals surface area contributed by atoms with Crippen LogP contribution in [0.1, 0.15) is 37.8 Å². The summed E-state index contributed by atoms with van der Waals surface area (Å²) in [4.78, 5) is 12.4. The first-order valence-electron chi connectivity index (χ1n) is 9.51. The van der Waals surface area contributed by atoms with Crippen molar-refractivity contribution in [2.24, 2.45) is 0 Å². The van der Waals surface area contributed by atoms with Crippen LogP contribution < -0.4 is 5.32 Å². The lowest BCUT2D eigenvalue weighted by atomic mass is 10.0. The molecule has 0 saturated carbocycles. The lowest BCUT2D eigenvalue weighted by Gasteiger charge is -2.12. The first kappa shape index (κ1) is 21.0. The molecule has 1 amide bonds. The first-order chi connectivity index (χ1) is 13.9. The van der Waals surface area contributed by atoms with Gasteiger partial charge in [0, 0.05) is 6.54 Å². The second-order valence-electron chi connectivity index (χ2n) is 7.05. The summed E-state index contributed by atoms with van der Waals surface area (Å²) >= 11 is 1.30. The quantitative estimate of drug-likeness (QED) is 0.569. The van der Waals surface area contributed by atoms with Crippen LogP contribution >= 0.6 is 11.8 Å². The van der Waals surface area contributed by atoms with Crippen molar-refractivity contribution >= 4 is 17.7 Å². The van der Waals surface area contributed by atoms with Gasteiger partial charge in [0.15, 0.2) is 0 Å². The van der Waals surface area contributed by atoms with Crippen LogP contribution in [0.2, 0.25) is 0 Å². The molecule has 0 radical (unpaired) electrons. The number of hydrogen-bond donors (Lipinski definition) is 1. The molecule has 6 nitrogen and oxygen atoms in total. The Kier molecular flexibility index (Phi) is 6.98. The number of nitrogens with zero attached hydrogens (tertiary/aromatic N) is 4. The summed E-state index contributed by atoms with van der Waals surface area (Å²) in [6.45, 7) is 6.59. The summed E-state index contributed by atoms with van der Waals surface area (Å²) in [6, 6.07) is 14.3. The molecule has 0 saturated heterocycles. The monoisotopic (exact) mass is 413 g/mol. The van der Waals surface area contributed by atoms with Crippen molar-refractivity contribution in [3.63, 3.8) is 0 Å². The van der Waals surface area contributed by atoms with Crippen molar-refractivity contribution in [1.29, 1.82) is 0 Å². The number of benzene rings is 2. The summed E-state index contributed by atoms with van der Waals surface area (Å²) in [5.74, 6) is 0.0894. The Bertz CT molecular complexity index is 940. The van der Waals surface area contributed by atoms with Gasteiger partial charge in [0.25, 0.3) is 0 Å². The highest BCUT2D eigenvalue weighted by molar-refractivity contribution is 8.00. The lowest BCUT2D eigenvalue weighted by molar-refractivity contribution is -0.120. The molecule has 0 unspecified atom stereocenters. The maximum atomic E-state index is 12.9. The molecular weight excluding hydrogens is 389 g/mol. The van der Waals surface area contributed by atoms with Crippen molar-refractivity contribution in [2.45, 2.75) is 43.5 Å². The number of rotatable bonds is 8. The van der Waals surface area contributed by atoms with Gasteiger partial charge in [0.05, 0.1) is 10.9 Å². The van der Waals surface area contributed by atoms with Crippen molar-refractivity contribution < 1.29 is 9.18 Å². The molecule has 8 heteroatoms. The fourth-order valence-electron chi connectivity index (χ4n) is 2.75. The number of hydrogen-bond acceptors (Lipinski definition) is 5. The summed E-state index contributed by atoms with van der Waals surface area (Å²) in [5, 5.41) is 15.0. The second kappa shape index (κ2) is 9.65. The zero-order chi connectivity index (χ0) is 20.8. The third-order valence-corrected chi connectivity index (χ3v) is 5.56. The molecule has 29 heavy (non-hydrogen) atoms. The molecule has 152 valence electrons. The number of aromatic nitrogens is 4. The van der Waals surface area contributed by atoms with Crippen LogP contribution in [0.3, 0.4) is 0 Å². The van der Waals surface area contributed by atoms with Gasteiger partial charge in [-0.2, -0.15) is 4.68 Å². The van der Waals surface area contributed by atoms with Crippen LogP contribution in [-0.4, -0.2) is 37.9 Å². The summed E-state index contributed by atoms with van der Waals surface area (Å²) in [6.07, 6.45) is 0.642. The number of thioether (sulfide) groups is 1. The van der Waals surface area contributed by atoms with Gasteiger partial charge in [-0.1, -0.05) is 49.9 Å². The minimum atomic E-state index is -0.358. The van der Waals surface area contributed by atoms with E-state index in [9.17, 15) is 9.18 Å². The molecule has 0 aliphatic carbocycles. The van der Waals surface area contributed by atoms with Crippen molar-refractivity contribution in [3.05, 3.63) is 65.5 Å². The van der Waals surface area contributed by atoms with Crippen LogP contribution in [0.25, 0.3) is 5.69 Å². The van der Waals surface area contributed by atoms with E-state index >= 15 is 0 Å². The van der Waals surface area contributed by atoms with Gasteiger partial charge >= 0.3 is 0 Å². The standard InChI is InChI=1S/C21H24FN5OS/c1-14(2)17-6-10-19(11-7-17)27-21(24-25-26-27)29-15(3)20(28)23-13-12-16-4-8-18(22)9-5-16/h4-11,14-15H,12-13H2,1-3H3,(H,23,28)/t15-/m0/s1. The van der Waals surface area contributed by atoms with Crippen LogP contribution in [0.15, 0.2) is 53.7 Å². The molecule has 1 atom stereocenters. The molecule has 2 aromatic carbocycles. The third-order valence-electron chi connectivity index (χ3n) is 4.52. The van der Waals surface area contributed by atoms with E-state index < -0.39 is 0 Å². The average Bonchev–Trinajstić information content (AvgIpc) is 3.17. The minimum Gasteiger partial charge on any atom is -0.355 e. The van der Waals surface area contributed by atoms with Crippen molar-refractivity contribution in [1.82, 2.24) is 25.5 Å². The summed E-state index contributed by atoms with van der Waals surface area (Å²) < 4.78 is 14.6. The molecule has 0 aliphatic rings. The molecular formula is C21H24FN5OS. The van der Waals surface area contributed by atoms with Gasteiger partial charge in [0.1, 0.15) is 5.82 Å². The number of carbonyl (C=O) groups is 1. The zero-order valence-corrected chi connectivity index (χ0v) is 17.5. The Balaban J connectivity index is 1.56. The van der Waals surface area contributed by atoms with Crippen molar-refractivity contribution in [3.8, 4) is 5.69 Å². The maximum absolute atomic E-state index is 12.9. The van der Waals surface area contributed by atoms with Gasteiger partial charge in [-0.05, 0) is 65.1 Å².